The molecular weight excluding hydrogens is 371 g/mol. The molecule has 1 aromatic heterocycles. The van der Waals surface area contributed by atoms with Gasteiger partial charge in [-0.05, 0) is 24.6 Å². The first kappa shape index (κ1) is 19.6. The smallest absolute Gasteiger partial charge is 0.381 e. The zero-order valence-corrected chi connectivity index (χ0v) is 14.4. The van der Waals surface area contributed by atoms with Crippen LogP contribution in [0, 0.1) is 11.3 Å². The number of nitrogens with two attached hydrogens (primary N) is 1. The first-order chi connectivity index (χ1) is 12.2. The molecule has 0 saturated heterocycles. The minimum atomic E-state index is -4.55. The molecular formula is C16H15ClF3N5O. The third-order valence-corrected chi connectivity index (χ3v) is 3.83. The van der Waals surface area contributed by atoms with Gasteiger partial charge in [-0.25, -0.2) is 4.68 Å². The monoisotopic (exact) mass is 385 g/mol. The zero-order valence-electron chi connectivity index (χ0n) is 13.7. The van der Waals surface area contributed by atoms with E-state index in [0.29, 0.717) is 6.54 Å². The van der Waals surface area contributed by atoms with Crippen LogP contribution in [-0.2, 0) is 17.4 Å². The molecule has 1 amide bonds. The number of alkyl halides is 3. The number of nitrogens with one attached hydrogen (secondary N) is 1. The minimum absolute atomic E-state index is 0.0207. The van der Waals surface area contributed by atoms with Gasteiger partial charge in [0.15, 0.2) is 5.82 Å². The number of hydrogen-bond acceptors (Lipinski definition) is 4. The fraction of sp³-hybridized carbons (Fsp3) is 0.312. The van der Waals surface area contributed by atoms with Crippen molar-refractivity contribution in [3.8, 4) is 11.8 Å². The molecule has 10 heteroatoms. The molecule has 0 spiro atoms. The second-order valence-electron chi connectivity index (χ2n) is 5.42. The lowest BCUT2D eigenvalue weighted by Crippen LogP contribution is -2.27. The van der Waals surface area contributed by atoms with Crippen molar-refractivity contribution in [3.05, 3.63) is 40.0 Å². The van der Waals surface area contributed by atoms with E-state index in [-0.39, 0.29) is 40.1 Å². The second-order valence-corrected chi connectivity index (χ2v) is 5.83. The lowest BCUT2D eigenvalue weighted by atomic mass is 10.1. The molecule has 2 aromatic rings. The van der Waals surface area contributed by atoms with Gasteiger partial charge in [0.1, 0.15) is 11.6 Å². The molecule has 3 N–H and O–H groups in total. The Kier molecular flexibility index (Phi) is 5.77. The molecule has 0 aliphatic carbocycles. The van der Waals surface area contributed by atoms with Gasteiger partial charge in [0, 0.05) is 6.54 Å². The summed E-state index contributed by atoms with van der Waals surface area (Å²) in [6.45, 7) is 2.33. The Balaban J connectivity index is 2.50. The number of benzene rings is 1. The molecule has 138 valence electrons. The van der Waals surface area contributed by atoms with Gasteiger partial charge in [-0.2, -0.15) is 18.4 Å². The number of halogens is 4. The van der Waals surface area contributed by atoms with E-state index in [1.165, 1.54) is 0 Å². The van der Waals surface area contributed by atoms with E-state index < -0.39 is 11.7 Å². The van der Waals surface area contributed by atoms with E-state index in [1.807, 2.05) is 13.0 Å². The maximum absolute atomic E-state index is 12.8. The number of nitrogens with zero attached hydrogens (tertiary/aromatic N) is 3. The van der Waals surface area contributed by atoms with Gasteiger partial charge in [0.05, 0.1) is 28.4 Å². The Morgan fingerprint density at radius 3 is 2.69 bits per heavy atom. The Morgan fingerprint density at radius 2 is 2.15 bits per heavy atom. The van der Waals surface area contributed by atoms with Crippen molar-refractivity contribution in [2.24, 2.45) is 0 Å². The van der Waals surface area contributed by atoms with Crippen molar-refractivity contribution >= 4 is 23.3 Å². The average molecular weight is 386 g/mol. The Hall–Kier alpha value is -2.73. The summed E-state index contributed by atoms with van der Waals surface area (Å²) < 4.78 is 39.5. The van der Waals surface area contributed by atoms with Crippen molar-refractivity contribution in [2.75, 3.05) is 12.3 Å². The average Bonchev–Trinajstić information content (AvgIpc) is 2.87. The Bertz CT molecular complexity index is 870. The van der Waals surface area contributed by atoms with E-state index in [1.54, 1.807) is 0 Å². The summed E-state index contributed by atoms with van der Waals surface area (Å²) in [6, 6.07) is 4.57. The number of rotatable bonds is 5. The van der Waals surface area contributed by atoms with Crippen molar-refractivity contribution in [2.45, 2.75) is 25.9 Å². The summed E-state index contributed by atoms with van der Waals surface area (Å²) in [5.74, 6) is -0.505. The van der Waals surface area contributed by atoms with Crippen LogP contribution in [0.4, 0.5) is 19.0 Å². The number of amides is 1. The quantitative estimate of drug-likeness (QED) is 0.826. The number of hydrogen-bond donors (Lipinski definition) is 2. The highest BCUT2D eigenvalue weighted by atomic mass is 35.5. The van der Waals surface area contributed by atoms with Gasteiger partial charge in [-0.15, -0.1) is 5.10 Å². The van der Waals surface area contributed by atoms with Crippen LogP contribution in [-0.4, -0.2) is 22.2 Å². The molecule has 6 nitrogen and oxygen atoms in total. The molecule has 0 saturated carbocycles. The van der Waals surface area contributed by atoms with Gasteiger partial charge in [-0.1, -0.05) is 18.5 Å². The summed E-state index contributed by atoms with van der Waals surface area (Å²) in [6.07, 6.45) is -4.04. The highest BCUT2D eigenvalue weighted by molar-refractivity contribution is 6.32. The van der Waals surface area contributed by atoms with E-state index in [4.69, 9.17) is 17.3 Å². The summed E-state index contributed by atoms with van der Waals surface area (Å²) in [7, 11) is 0. The highest BCUT2D eigenvalue weighted by Crippen LogP contribution is 2.34. The number of anilines is 1. The van der Waals surface area contributed by atoms with Crippen LogP contribution < -0.4 is 11.1 Å². The first-order valence-corrected chi connectivity index (χ1v) is 7.98. The molecule has 0 aliphatic heterocycles. The maximum Gasteiger partial charge on any atom is 0.416 e. The maximum atomic E-state index is 12.8. The van der Waals surface area contributed by atoms with Crippen molar-refractivity contribution in [3.63, 3.8) is 0 Å². The molecule has 2 rings (SSSR count). The zero-order chi connectivity index (χ0) is 19.5. The molecule has 0 atom stereocenters. The molecule has 0 aliphatic rings. The molecule has 1 aromatic carbocycles. The normalized spacial score (nSPS) is 11.2. The molecule has 0 fully saturated rings. The van der Waals surface area contributed by atoms with E-state index in [0.717, 1.165) is 29.3 Å². The van der Waals surface area contributed by atoms with Crippen molar-refractivity contribution in [1.82, 2.24) is 15.1 Å². The SMILES string of the molecule is CCCNC(=O)Cc1c(C#N)c(N)nn1-c1ccc(C(F)(F)F)cc1Cl. The summed E-state index contributed by atoms with van der Waals surface area (Å²) in [5, 5.41) is 15.7. The van der Waals surface area contributed by atoms with Gasteiger partial charge >= 0.3 is 6.18 Å². The van der Waals surface area contributed by atoms with E-state index >= 15 is 0 Å². The predicted octanol–water partition coefficient (Wildman–Crippen LogP) is 3.07. The highest BCUT2D eigenvalue weighted by Gasteiger charge is 2.31. The van der Waals surface area contributed by atoms with Gasteiger partial charge in [0.25, 0.3) is 0 Å². The number of nitrogen functional groups attached to an aromatic ring is 1. The molecule has 1 heterocycles. The van der Waals surface area contributed by atoms with Gasteiger partial charge in [-0.3, -0.25) is 4.79 Å². The molecule has 26 heavy (non-hydrogen) atoms. The van der Waals surface area contributed by atoms with Crippen LogP contribution in [0.3, 0.4) is 0 Å². The molecule has 0 radical (unpaired) electrons. The lowest BCUT2D eigenvalue weighted by molar-refractivity contribution is -0.137. The predicted molar refractivity (Wildman–Crippen MR) is 89.7 cm³/mol. The van der Waals surface area contributed by atoms with Gasteiger partial charge in [0.2, 0.25) is 5.91 Å². The summed E-state index contributed by atoms with van der Waals surface area (Å²) in [5.41, 5.74) is 5.01. The summed E-state index contributed by atoms with van der Waals surface area (Å²) >= 11 is 5.98. The number of aromatic nitrogens is 2. The van der Waals surface area contributed by atoms with Crippen LogP contribution in [0.5, 0.6) is 0 Å². The largest absolute Gasteiger partial charge is 0.416 e. The van der Waals surface area contributed by atoms with Crippen molar-refractivity contribution in [1.29, 1.82) is 5.26 Å². The summed E-state index contributed by atoms with van der Waals surface area (Å²) in [4.78, 5) is 12.0. The van der Waals surface area contributed by atoms with Crippen LogP contribution in [0.25, 0.3) is 5.69 Å². The minimum Gasteiger partial charge on any atom is -0.381 e. The van der Waals surface area contributed by atoms with Crippen LogP contribution >= 0.6 is 11.6 Å². The Morgan fingerprint density at radius 1 is 1.46 bits per heavy atom. The van der Waals surface area contributed by atoms with E-state index in [9.17, 15) is 23.2 Å². The fourth-order valence-electron chi connectivity index (χ4n) is 2.29. The third kappa shape index (κ3) is 4.08. The van der Waals surface area contributed by atoms with Crippen LogP contribution in [0.1, 0.15) is 30.2 Å². The standard InChI is InChI=1S/C16H15ClF3N5O/c1-2-5-23-14(26)7-13-10(8-21)15(22)24-25(13)12-4-3-9(6-11(12)17)16(18,19)20/h3-4,6H,2,5,7H2,1H3,(H2,22,24)(H,23,26). The number of carbonyl (C=O) groups is 1. The van der Waals surface area contributed by atoms with Crippen molar-refractivity contribution < 1.29 is 18.0 Å². The Labute approximate surface area is 152 Å². The lowest BCUT2D eigenvalue weighted by Gasteiger charge is -2.12. The second kappa shape index (κ2) is 7.66. The topological polar surface area (TPSA) is 96.7 Å². The number of nitriles is 1. The molecule has 0 unspecified atom stereocenters. The third-order valence-electron chi connectivity index (χ3n) is 3.52. The van der Waals surface area contributed by atoms with E-state index in [2.05, 4.69) is 10.4 Å². The van der Waals surface area contributed by atoms with Gasteiger partial charge < -0.3 is 11.1 Å². The number of carbonyl (C=O) groups excluding carboxylic acids is 1. The first-order valence-electron chi connectivity index (χ1n) is 7.60. The fourth-order valence-corrected chi connectivity index (χ4v) is 2.55. The molecule has 0 bridgehead atoms. The van der Waals surface area contributed by atoms with Crippen LogP contribution in [0.2, 0.25) is 5.02 Å². The van der Waals surface area contributed by atoms with Crippen LogP contribution in [0.15, 0.2) is 18.2 Å².